The van der Waals surface area contributed by atoms with Crippen LogP contribution in [0, 0.1) is 0 Å². The van der Waals surface area contributed by atoms with Gasteiger partial charge in [0.05, 0.1) is 11.3 Å². The molecule has 144 valence electrons. The molecule has 1 amide bonds. The number of alkyl halides is 3. The molecular formula is C19H19F3N3OS-. The molecule has 0 saturated heterocycles. The molecule has 3 rings (SSSR count). The Morgan fingerprint density at radius 1 is 1.19 bits per heavy atom. The number of nitrogens with one attached hydrogen (secondary N) is 3. The van der Waals surface area contributed by atoms with Gasteiger partial charge in [-0.05, 0) is 47.7 Å². The maximum absolute atomic E-state index is 13.3. The van der Waals surface area contributed by atoms with E-state index < -0.39 is 17.3 Å². The Kier molecular flexibility index (Phi) is 5.39. The van der Waals surface area contributed by atoms with E-state index in [9.17, 15) is 18.0 Å². The van der Waals surface area contributed by atoms with Crippen LogP contribution in [-0.2, 0) is 17.5 Å². The Balaban J connectivity index is 1.68. The van der Waals surface area contributed by atoms with E-state index in [1.165, 1.54) is 17.8 Å². The summed E-state index contributed by atoms with van der Waals surface area (Å²) in [6, 6.07) is 11.0. The zero-order valence-corrected chi connectivity index (χ0v) is 15.4. The molecule has 1 saturated carbocycles. The monoisotopic (exact) mass is 394 g/mol. The van der Waals surface area contributed by atoms with Gasteiger partial charge < -0.3 is 16.4 Å². The summed E-state index contributed by atoms with van der Waals surface area (Å²) in [5.74, 6) is -0.284. The van der Waals surface area contributed by atoms with Crippen molar-refractivity contribution in [3.8, 4) is 0 Å². The van der Waals surface area contributed by atoms with Crippen LogP contribution in [0.4, 0.5) is 24.5 Å². The molecule has 4 nitrogen and oxygen atoms in total. The lowest BCUT2D eigenvalue weighted by atomic mass is 10.1. The molecule has 0 radical (unpaired) electrons. The van der Waals surface area contributed by atoms with Gasteiger partial charge in [0.25, 0.3) is 0 Å². The molecule has 0 heterocycles. The molecule has 3 N–H and O–H groups in total. The minimum atomic E-state index is -4.45. The van der Waals surface area contributed by atoms with Crippen LogP contribution >= 0.6 is 11.8 Å². The Bertz CT molecular complexity index is 833. The summed E-state index contributed by atoms with van der Waals surface area (Å²) >= 11 is 1.25. The van der Waals surface area contributed by atoms with Gasteiger partial charge in [-0.15, -0.1) is 11.8 Å². The van der Waals surface area contributed by atoms with Crippen LogP contribution in [-0.4, -0.2) is 17.7 Å². The van der Waals surface area contributed by atoms with Crippen LogP contribution < -0.4 is 10.6 Å². The van der Waals surface area contributed by atoms with Crippen molar-refractivity contribution in [2.24, 2.45) is 0 Å². The summed E-state index contributed by atoms with van der Waals surface area (Å²) in [6.45, 7) is 0.288. The molecule has 0 aromatic heterocycles. The first-order valence-electron chi connectivity index (χ1n) is 8.36. The molecule has 2 aromatic rings. The van der Waals surface area contributed by atoms with Gasteiger partial charge in [-0.1, -0.05) is 25.0 Å². The number of amides is 1. The highest BCUT2D eigenvalue weighted by molar-refractivity contribution is 7.98. The predicted molar refractivity (Wildman–Crippen MR) is 101 cm³/mol. The Hall–Kier alpha value is -2.19. The number of hydrogen-bond donors (Lipinski definition) is 2. The van der Waals surface area contributed by atoms with Crippen molar-refractivity contribution in [1.29, 1.82) is 0 Å². The fourth-order valence-electron chi connectivity index (χ4n) is 2.56. The summed E-state index contributed by atoms with van der Waals surface area (Å²) in [7, 11) is 0. The maximum atomic E-state index is 13.3. The minimum absolute atomic E-state index is 0.00812. The van der Waals surface area contributed by atoms with Gasteiger partial charge in [-0.3, -0.25) is 4.79 Å². The van der Waals surface area contributed by atoms with Crippen LogP contribution in [0.3, 0.4) is 0 Å². The van der Waals surface area contributed by atoms with Crippen molar-refractivity contribution in [3.05, 3.63) is 59.3 Å². The van der Waals surface area contributed by atoms with Crippen molar-refractivity contribution >= 4 is 29.0 Å². The van der Waals surface area contributed by atoms with Crippen LogP contribution in [0.25, 0.3) is 5.73 Å². The van der Waals surface area contributed by atoms with Gasteiger partial charge in [0, 0.05) is 17.1 Å². The molecule has 2 aromatic carbocycles. The molecular weight excluding hydrogens is 375 g/mol. The highest BCUT2D eigenvalue weighted by Crippen LogP contribution is 2.39. The summed E-state index contributed by atoms with van der Waals surface area (Å²) in [4.78, 5) is 12.3. The van der Waals surface area contributed by atoms with Crippen molar-refractivity contribution in [3.63, 3.8) is 0 Å². The second-order valence-electron chi connectivity index (χ2n) is 6.50. The van der Waals surface area contributed by atoms with Gasteiger partial charge in [0.1, 0.15) is 0 Å². The lowest BCUT2D eigenvalue weighted by molar-refractivity contribution is -0.137. The molecule has 0 spiro atoms. The standard InChI is InChI=1S/C19H19F3N3OS/c1-27-14-6-7-16(15(10-14)19(20,21)22)25-13-4-2-12(3-5-13)11-24-17(26)18(23)8-9-18/h2-7,10,23,25H,8-9,11H2,1H3,(H,24,26)/q-1. The Morgan fingerprint density at radius 2 is 1.85 bits per heavy atom. The number of thioether (sulfide) groups is 1. The van der Waals surface area contributed by atoms with Gasteiger partial charge in [-0.25, -0.2) is 0 Å². The van der Waals surface area contributed by atoms with Crippen LogP contribution in [0.5, 0.6) is 0 Å². The van der Waals surface area contributed by atoms with Gasteiger partial charge in [0.2, 0.25) is 5.91 Å². The van der Waals surface area contributed by atoms with E-state index in [1.807, 2.05) is 0 Å². The first-order chi connectivity index (χ1) is 12.7. The summed E-state index contributed by atoms with van der Waals surface area (Å²) < 4.78 is 39.9. The number of halogens is 3. The fraction of sp³-hybridized carbons (Fsp3) is 0.316. The summed E-state index contributed by atoms with van der Waals surface area (Å²) in [5, 5.41) is 5.52. The topological polar surface area (TPSA) is 64.9 Å². The van der Waals surface area contributed by atoms with Crippen LogP contribution in [0.2, 0.25) is 0 Å². The van der Waals surface area contributed by atoms with E-state index in [-0.39, 0.29) is 18.1 Å². The summed E-state index contributed by atoms with van der Waals surface area (Å²) in [6.07, 6.45) is -1.56. The third-order valence-electron chi connectivity index (χ3n) is 4.40. The molecule has 1 aliphatic rings. The van der Waals surface area contributed by atoms with Crippen molar-refractivity contribution < 1.29 is 18.0 Å². The molecule has 0 bridgehead atoms. The normalized spacial score (nSPS) is 15.3. The van der Waals surface area contributed by atoms with E-state index >= 15 is 0 Å². The number of carbonyl (C=O) groups excluding carboxylic acids is 1. The zero-order chi connectivity index (χ0) is 19.7. The molecule has 1 fully saturated rings. The van der Waals surface area contributed by atoms with Gasteiger partial charge in [-0.2, -0.15) is 13.2 Å². The fourth-order valence-corrected chi connectivity index (χ4v) is 3.00. The smallest absolute Gasteiger partial charge is 0.418 e. The average Bonchev–Trinajstić information content (AvgIpc) is 3.39. The average molecular weight is 394 g/mol. The largest absolute Gasteiger partial charge is 0.664 e. The van der Waals surface area contributed by atoms with E-state index in [4.69, 9.17) is 5.73 Å². The maximum Gasteiger partial charge on any atom is 0.418 e. The highest BCUT2D eigenvalue weighted by atomic mass is 32.2. The van der Waals surface area contributed by atoms with Gasteiger partial charge >= 0.3 is 6.18 Å². The van der Waals surface area contributed by atoms with Crippen LogP contribution in [0.15, 0.2) is 47.4 Å². The van der Waals surface area contributed by atoms with E-state index in [0.29, 0.717) is 23.4 Å². The number of rotatable bonds is 6. The zero-order valence-electron chi connectivity index (χ0n) is 14.6. The van der Waals surface area contributed by atoms with E-state index in [1.54, 1.807) is 36.6 Å². The molecule has 0 unspecified atom stereocenters. The number of benzene rings is 2. The molecule has 0 atom stereocenters. The predicted octanol–water partition coefficient (Wildman–Crippen LogP) is 5.37. The van der Waals surface area contributed by atoms with E-state index in [2.05, 4.69) is 10.6 Å². The number of carbonyl (C=O) groups is 1. The first-order valence-corrected chi connectivity index (χ1v) is 9.58. The molecule has 0 aliphatic heterocycles. The second kappa shape index (κ2) is 7.44. The first kappa shape index (κ1) is 19.6. The third-order valence-corrected chi connectivity index (χ3v) is 5.13. The van der Waals surface area contributed by atoms with Crippen molar-refractivity contribution in [2.75, 3.05) is 11.6 Å². The number of hydrogen-bond acceptors (Lipinski definition) is 3. The minimum Gasteiger partial charge on any atom is -0.664 e. The van der Waals surface area contributed by atoms with E-state index in [0.717, 1.165) is 11.6 Å². The van der Waals surface area contributed by atoms with Crippen molar-refractivity contribution in [1.82, 2.24) is 5.32 Å². The molecule has 8 heteroatoms. The number of anilines is 2. The van der Waals surface area contributed by atoms with Crippen LogP contribution in [0.1, 0.15) is 24.0 Å². The Labute approximate surface area is 159 Å². The third kappa shape index (κ3) is 4.75. The van der Waals surface area contributed by atoms with Crippen molar-refractivity contribution in [2.45, 2.75) is 36.0 Å². The quantitative estimate of drug-likeness (QED) is 0.647. The lowest BCUT2D eigenvalue weighted by Gasteiger charge is -2.18. The SMILES string of the molecule is CSc1ccc(Nc2ccc(CNC(=O)C3([NH-])CC3)cc2)c(C(F)(F)F)c1. The highest BCUT2D eigenvalue weighted by Gasteiger charge is 2.37. The Morgan fingerprint density at radius 3 is 2.41 bits per heavy atom. The second-order valence-corrected chi connectivity index (χ2v) is 7.38. The van der Waals surface area contributed by atoms with Gasteiger partial charge in [0.15, 0.2) is 0 Å². The molecule has 1 aliphatic carbocycles. The summed E-state index contributed by atoms with van der Waals surface area (Å²) in [5.41, 5.74) is 7.40. The molecule has 27 heavy (non-hydrogen) atoms. The lowest BCUT2D eigenvalue weighted by Crippen LogP contribution is -2.33.